The van der Waals surface area contributed by atoms with Crippen LogP contribution >= 0.6 is 0 Å². The van der Waals surface area contributed by atoms with Gasteiger partial charge in [-0.1, -0.05) is 13.8 Å². The molecule has 2 amide bonds. The fourth-order valence-corrected chi connectivity index (χ4v) is 2.96. The number of carbonyl (C=O) groups excluding carboxylic acids is 1. The zero-order valence-corrected chi connectivity index (χ0v) is 15.3. The van der Waals surface area contributed by atoms with E-state index in [0.29, 0.717) is 11.6 Å². The van der Waals surface area contributed by atoms with Gasteiger partial charge in [0.1, 0.15) is 0 Å². The van der Waals surface area contributed by atoms with Gasteiger partial charge in [-0.05, 0) is 50.7 Å². The number of amides is 2. The second-order valence-electron chi connectivity index (χ2n) is 6.48. The lowest BCUT2D eigenvalue weighted by atomic mass is 10.0. The first kappa shape index (κ1) is 19.4. The molecule has 0 aliphatic carbocycles. The van der Waals surface area contributed by atoms with Gasteiger partial charge < -0.3 is 15.5 Å². The molecule has 23 heavy (non-hydrogen) atoms. The van der Waals surface area contributed by atoms with Crippen LogP contribution in [-0.2, 0) is 9.84 Å². The van der Waals surface area contributed by atoms with Gasteiger partial charge in [0.15, 0.2) is 9.84 Å². The smallest absolute Gasteiger partial charge is 0.319 e. The SMILES string of the molecule is CC(C)CC(CN(C)C)NC(=O)Nc1ccc(S(C)(=O)=O)cc1. The highest BCUT2D eigenvalue weighted by Crippen LogP contribution is 2.14. The van der Waals surface area contributed by atoms with E-state index < -0.39 is 9.84 Å². The maximum atomic E-state index is 12.1. The van der Waals surface area contributed by atoms with Gasteiger partial charge in [0.25, 0.3) is 0 Å². The zero-order valence-electron chi connectivity index (χ0n) is 14.5. The van der Waals surface area contributed by atoms with Gasteiger partial charge in [-0.25, -0.2) is 13.2 Å². The Morgan fingerprint density at radius 1 is 1.17 bits per heavy atom. The number of hydrogen-bond acceptors (Lipinski definition) is 4. The molecule has 1 unspecified atom stereocenters. The van der Waals surface area contributed by atoms with E-state index >= 15 is 0 Å². The van der Waals surface area contributed by atoms with Gasteiger partial charge in [-0.15, -0.1) is 0 Å². The molecule has 0 bridgehead atoms. The summed E-state index contributed by atoms with van der Waals surface area (Å²) in [6, 6.07) is 5.90. The van der Waals surface area contributed by atoms with Crippen LogP contribution in [0.5, 0.6) is 0 Å². The zero-order chi connectivity index (χ0) is 17.6. The minimum atomic E-state index is -3.23. The molecule has 0 spiro atoms. The number of nitrogens with one attached hydrogen (secondary N) is 2. The van der Waals surface area contributed by atoms with Crippen molar-refractivity contribution >= 4 is 21.6 Å². The lowest BCUT2D eigenvalue weighted by Gasteiger charge is -2.24. The Bertz CT molecular complexity index is 600. The highest BCUT2D eigenvalue weighted by Gasteiger charge is 2.15. The lowest BCUT2D eigenvalue weighted by molar-refractivity contribution is 0.240. The van der Waals surface area contributed by atoms with Gasteiger partial charge in [0.2, 0.25) is 0 Å². The molecular formula is C16H27N3O3S. The number of sulfone groups is 1. The van der Waals surface area contributed by atoms with Crippen LogP contribution in [0.2, 0.25) is 0 Å². The second-order valence-corrected chi connectivity index (χ2v) is 8.50. The summed E-state index contributed by atoms with van der Waals surface area (Å²) in [5, 5.41) is 5.70. The monoisotopic (exact) mass is 341 g/mol. The van der Waals surface area contributed by atoms with Crippen molar-refractivity contribution in [3.05, 3.63) is 24.3 Å². The van der Waals surface area contributed by atoms with Crippen LogP contribution in [0.4, 0.5) is 10.5 Å². The molecular weight excluding hydrogens is 314 g/mol. The maximum Gasteiger partial charge on any atom is 0.319 e. The quantitative estimate of drug-likeness (QED) is 0.797. The van der Waals surface area contributed by atoms with E-state index in [1.54, 1.807) is 12.1 Å². The molecule has 0 saturated carbocycles. The van der Waals surface area contributed by atoms with Gasteiger partial charge in [0.05, 0.1) is 4.90 Å². The van der Waals surface area contributed by atoms with Crippen LogP contribution in [0.3, 0.4) is 0 Å². The summed E-state index contributed by atoms with van der Waals surface area (Å²) in [4.78, 5) is 14.4. The van der Waals surface area contributed by atoms with Crippen molar-refractivity contribution in [3.8, 4) is 0 Å². The number of anilines is 1. The minimum absolute atomic E-state index is 0.0558. The van der Waals surface area contributed by atoms with E-state index in [4.69, 9.17) is 0 Å². The number of rotatable bonds is 7. The van der Waals surface area contributed by atoms with E-state index in [-0.39, 0.29) is 17.0 Å². The van der Waals surface area contributed by atoms with Crippen molar-refractivity contribution in [2.45, 2.75) is 31.2 Å². The molecule has 1 aromatic rings. The first-order chi connectivity index (χ1) is 10.6. The fourth-order valence-electron chi connectivity index (χ4n) is 2.33. The van der Waals surface area contributed by atoms with E-state index in [1.807, 2.05) is 19.0 Å². The molecule has 0 fully saturated rings. The van der Waals surface area contributed by atoms with E-state index in [0.717, 1.165) is 19.2 Å². The molecule has 0 heterocycles. The third-order valence-corrected chi connectivity index (χ3v) is 4.35. The Labute approximate surface area is 139 Å². The molecule has 1 atom stereocenters. The average molecular weight is 341 g/mol. The standard InChI is InChI=1S/C16H27N3O3S/c1-12(2)10-14(11-19(3)4)18-16(20)17-13-6-8-15(9-7-13)23(5,21)22/h6-9,12,14H,10-11H2,1-5H3,(H2,17,18,20). The molecule has 7 heteroatoms. The highest BCUT2D eigenvalue weighted by atomic mass is 32.2. The van der Waals surface area contributed by atoms with Gasteiger partial charge in [0, 0.05) is 24.5 Å². The van der Waals surface area contributed by atoms with Gasteiger partial charge in [-0.3, -0.25) is 0 Å². The van der Waals surface area contributed by atoms with Crippen molar-refractivity contribution < 1.29 is 13.2 Å². The Hall–Kier alpha value is -1.60. The predicted octanol–water partition coefficient (Wildman–Crippen LogP) is 2.19. The molecule has 0 aromatic heterocycles. The van der Waals surface area contributed by atoms with Crippen molar-refractivity contribution in [2.75, 3.05) is 32.2 Å². The molecule has 1 rings (SSSR count). The maximum absolute atomic E-state index is 12.1. The third kappa shape index (κ3) is 7.47. The molecule has 6 nitrogen and oxygen atoms in total. The highest BCUT2D eigenvalue weighted by molar-refractivity contribution is 7.90. The van der Waals surface area contributed by atoms with Crippen LogP contribution in [0, 0.1) is 5.92 Å². The van der Waals surface area contributed by atoms with Gasteiger partial charge in [-0.2, -0.15) is 0 Å². The van der Waals surface area contributed by atoms with E-state index in [2.05, 4.69) is 24.5 Å². The average Bonchev–Trinajstić information content (AvgIpc) is 2.36. The number of carbonyl (C=O) groups is 1. The van der Waals surface area contributed by atoms with Crippen molar-refractivity contribution in [2.24, 2.45) is 5.92 Å². The summed E-state index contributed by atoms with van der Waals surface area (Å²) in [5.74, 6) is 0.481. The number of hydrogen-bond donors (Lipinski definition) is 2. The number of urea groups is 1. The van der Waals surface area contributed by atoms with Crippen LogP contribution in [0.1, 0.15) is 20.3 Å². The van der Waals surface area contributed by atoms with Crippen molar-refractivity contribution in [3.63, 3.8) is 0 Å². The van der Waals surface area contributed by atoms with E-state index in [1.165, 1.54) is 12.1 Å². The molecule has 0 saturated heterocycles. The topological polar surface area (TPSA) is 78.5 Å². The van der Waals surface area contributed by atoms with Crippen molar-refractivity contribution in [1.29, 1.82) is 0 Å². The molecule has 0 aliphatic heterocycles. The number of benzene rings is 1. The fraction of sp³-hybridized carbons (Fsp3) is 0.562. The van der Waals surface area contributed by atoms with Crippen LogP contribution in [0.15, 0.2) is 29.2 Å². The van der Waals surface area contributed by atoms with Crippen LogP contribution < -0.4 is 10.6 Å². The lowest BCUT2D eigenvalue weighted by Crippen LogP contribution is -2.44. The summed E-state index contributed by atoms with van der Waals surface area (Å²) in [6.45, 7) is 5.00. The Balaban J connectivity index is 2.66. The molecule has 0 radical (unpaired) electrons. The normalized spacial score (nSPS) is 13.2. The number of likely N-dealkylation sites (N-methyl/N-ethyl adjacent to an activating group) is 1. The molecule has 130 valence electrons. The summed E-state index contributed by atoms with van der Waals surface area (Å²) < 4.78 is 22.8. The Morgan fingerprint density at radius 2 is 1.74 bits per heavy atom. The summed E-state index contributed by atoms with van der Waals surface area (Å²) >= 11 is 0. The molecule has 1 aromatic carbocycles. The molecule has 0 aliphatic rings. The summed E-state index contributed by atoms with van der Waals surface area (Å²) in [5.41, 5.74) is 0.558. The van der Waals surface area contributed by atoms with Crippen molar-refractivity contribution in [1.82, 2.24) is 10.2 Å². The van der Waals surface area contributed by atoms with Crippen LogP contribution in [-0.4, -0.2) is 52.3 Å². The van der Waals surface area contributed by atoms with Gasteiger partial charge >= 0.3 is 6.03 Å². The predicted molar refractivity (Wildman–Crippen MR) is 93.5 cm³/mol. The summed E-state index contributed by atoms with van der Waals surface area (Å²) in [6.07, 6.45) is 2.04. The van der Waals surface area contributed by atoms with E-state index in [9.17, 15) is 13.2 Å². The van der Waals surface area contributed by atoms with Crippen LogP contribution in [0.25, 0.3) is 0 Å². The molecule has 2 N–H and O–H groups in total. The third-order valence-electron chi connectivity index (χ3n) is 3.22. The Kier molecular flexibility index (Phi) is 7.02. The second kappa shape index (κ2) is 8.31. The minimum Gasteiger partial charge on any atom is -0.334 e. The first-order valence-electron chi connectivity index (χ1n) is 7.60. The number of nitrogens with zero attached hydrogens (tertiary/aromatic N) is 1. The first-order valence-corrected chi connectivity index (χ1v) is 9.49. The largest absolute Gasteiger partial charge is 0.334 e. The Morgan fingerprint density at radius 3 is 2.17 bits per heavy atom. The summed E-state index contributed by atoms with van der Waals surface area (Å²) in [7, 11) is 0.710.